The lowest BCUT2D eigenvalue weighted by molar-refractivity contribution is 0.413. The van der Waals surface area contributed by atoms with Crippen molar-refractivity contribution in [1.82, 2.24) is 9.88 Å². The van der Waals surface area contributed by atoms with Gasteiger partial charge in [-0.2, -0.15) is 0 Å². The molecule has 1 N–H and O–H groups in total. The predicted octanol–water partition coefficient (Wildman–Crippen LogP) is 3.09. The maximum atomic E-state index is 11.9. The SMILES string of the molecule is Cc1cc(Br)cn(CCCCNC(C)(C)C)c1=O. The highest BCUT2D eigenvalue weighted by molar-refractivity contribution is 9.10. The predicted molar refractivity (Wildman–Crippen MR) is 80.1 cm³/mol. The van der Waals surface area contributed by atoms with Gasteiger partial charge in [-0.05, 0) is 69.1 Å². The summed E-state index contributed by atoms with van der Waals surface area (Å²) in [6.07, 6.45) is 3.96. The van der Waals surface area contributed by atoms with Crippen LogP contribution < -0.4 is 10.9 Å². The minimum absolute atomic E-state index is 0.113. The van der Waals surface area contributed by atoms with E-state index in [1.807, 2.05) is 19.2 Å². The molecule has 0 aliphatic carbocycles. The van der Waals surface area contributed by atoms with Crippen LogP contribution in [0, 0.1) is 6.92 Å². The van der Waals surface area contributed by atoms with Gasteiger partial charge in [0.1, 0.15) is 0 Å². The van der Waals surface area contributed by atoms with Gasteiger partial charge in [0.15, 0.2) is 0 Å². The summed E-state index contributed by atoms with van der Waals surface area (Å²) in [4.78, 5) is 11.9. The fourth-order valence-corrected chi connectivity index (χ4v) is 2.37. The fourth-order valence-electron chi connectivity index (χ4n) is 1.78. The monoisotopic (exact) mass is 314 g/mol. The molecule has 0 radical (unpaired) electrons. The Labute approximate surface area is 118 Å². The number of hydrogen-bond acceptors (Lipinski definition) is 2. The lowest BCUT2D eigenvalue weighted by Crippen LogP contribution is -2.36. The lowest BCUT2D eigenvalue weighted by atomic mass is 10.1. The molecule has 0 saturated heterocycles. The van der Waals surface area contributed by atoms with Crippen molar-refractivity contribution in [2.45, 2.75) is 52.6 Å². The topological polar surface area (TPSA) is 34.0 Å². The smallest absolute Gasteiger partial charge is 0.253 e. The second-order valence-corrected chi connectivity index (χ2v) is 6.64. The first kappa shape index (κ1) is 15.4. The van der Waals surface area contributed by atoms with E-state index in [0.717, 1.165) is 36.0 Å². The molecule has 18 heavy (non-hydrogen) atoms. The number of unbranched alkanes of at least 4 members (excludes halogenated alkanes) is 1. The Morgan fingerprint density at radius 1 is 1.33 bits per heavy atom. The van der Waals surface area contributed by atoms with E-state index in [9.17, 15) is 4.79 Å². The van der Waals surface area contributed by atoms with Gasteiger partial charge in [0.2, 0.25) is 0 Å². The Hall–Kier alpha value is -0.610. The molecule has 0 fully saturated rings. The van der Waals surface area contributed by atoms with Crippen molar-refractivity contribution >= 4 is 15.9 Å². The van der Waals surface area contributed by atoms with Crippen molar-refractivity contribution in [2.24, 2.45) is 0 Å². The van der Waals surface area contributed by atoms with E-state index in [-0.39, 0.29) is 11.1 Å². The summed E-state index contributed by atoms with van der Waals surface area (Å²) in [5, 5.41) is 3.45. The van der Waals surface area contributed by atoms with Crippen molar-refractivity contribution in [3.63, 3.8) is 0 Å². The molecule has 1 aromatic rings. The molecule has 1 rings (SSSR count). The van der Waals surface area contributed by atoms with Crippen molar-refractivity contribution in [1.29, 1.82) is 0 Å². The average Bonchev–Trinajstić information content (AvgIpc) is 2.22. The van der Waals surface area contributed by atoms with Gasteiger partial charge >= 0.3 is 0 Å². The van der Waals surface area contributed by atoms with Crippen LogP contribution in [0.4, 0.5) is 0 Å². The standard InChI is InChI=1S/C14H23BrN2O/c1-11-9-12(15)10-17(13(11)18)8-6-5-7-16-14(2,3)4/h9-10,16H,5-8H2,1-4H3. The molecule has 0 aliphatic rings. The van der Waals surface area contributed by atoms with E-state index in [1.165, 1.54) is 0 Å². The molecule has 1 aromatic heterocycles. The first-order chi connectivity index (χ1) is 8.29. The zero-order valence-electron chi connectivity index (χ0n) is 11.7. The molecule has 0 amide bonds. The minimum Gasteiger partial charge on any atom is -0.314 e. The second-order valence-electron chi connectivity index (χ2n) is 5.72. The van der Waals surface area contributed by atoms with Crippen LogP contribution in [0.3, 0.4) is 0 Å². The molecule has 4 heteroatoms. The highest BCUT2D eigenvalue weighted by Crippen LogP contribution is 2.08. The molecule has 0 aliphatic heterocycles. The molecular weight excluding hydrogens is 292 g/mol. The molecule has 1 heterocycles. The average molecular weight is 315 g/mol. The largest absolute Gasteiger partial charge is 0.314 e. The third kappa shape index (κ3) is 5.36. The molecular formula is C14H23BrN2O. The number of rotatable bonds is 5. The molecule has 0 unspecified atom stereocenters. The molecule has 0 aromatic carbocycles. The zero-order valence-corrected chi connectivity index (χ0v) is 13.3. The van der Waals surface area contributed by atoms with E-state index >= 15 is 0 Å². The van der Waals surface area contributed by atoms with Crippen LogP contribution in [-0.4, -0.2) is 16.7 Å². The molecule has 0 atom stereocenters. The number of hydrogen-bond donors (Lipinski definition) is 1. The Bertz CT molecular complexity index is 446. The Morgan fingerprint density at radius 2 is 2.00 bits per heavy atom. The van der Waals surface area contributed by atoms with Gasteiger partial charge in [-0.25, -0.2) is 0 Å². The van der Waals surface area contributed by atoms with E-state index in [0.29, 0.717) is 0 Å². The highest BCUT2D eigenvalue weighted by atomic mass is 79.9. The zero-order chi connectivity index (χ0) is 13.8. The Balaban J connectivity index is 2.43. The molecule has 102 valence electrons. The van der Waals surface area contributed by atoms with Crippen LogP contribution in [0.5, 0.6) is 0 Å². The van der Waals surface area contributed by atoms with Crippen molar-refractivity contribution in [3.05, 3.63) is 32.7 Å². The lowest BCUT2D eigenvalue weighted by Gasteiger charge is -2.20. The normalized spacial score (nSPS) is 11.8. The van der Waals surface area contributed by atoms with Crippen molar-refractivity contribution in [3.8, 4) is 0 Å². The van der Waals surface area contributed by atoms with E-state index in [2.05, 4.69) is 42.0 Å². The first-order valence-electron chi connectivity index (χ1n) is 6.41. The van der Waals surface area contributed by atoms with Crippen LogP contribution >= 0.6 is 15.9 Å². The quantitative estimate of drug-likeness (QED) is 0.847. The van der Waals surface area contributed by atoms with Crippen LogP contribution in [0.2, 0.25) is 0 Å². The van der Waals surface area contributed by atoms with Crippen LogP contribution in [-0.2, 0) is 6.54 Å². The number of aromatic nitrogens is 1. The minimum atomic E-state index is 0.113. The summed E-state index contributed by atoms with van der Waals surface area (Å²) in [6, 6.07) is 1.86. The van der Waals surface area contributed by atoms with Crippen molar-refractivity contribution in [2.75, 3.05) is 6.54 Å². The van der Waals surface area contributed by atoms with Crippen LogP contribution in [0.1, 0.15) is 39.2 Å². The Kier molecular flexibility index (Phi) is 5.60. The maximum absolute atomic E-state index is 11.9. The number of halogens is 1. The van der Waals surface area contributed by atoms with Gasteiger partial charge in [-0.3, -0.25) is 4.79 Å². The maximum Gasteiger partial charge on any atom is 0.253 e. The van der Waals surface area contributed by atoms with E-state index < -0.39 is 0 Å². The van der Waals surface area contributed by atoms with Crippen molar-refractivity contribution < 1.29 is 0 Å². The number of nitrogens with zero attached hydrogens (tertiary/aromatic N) is 1. The molecule has 0 saturated carbocycles. The number of nitrogens with one attached hydrogen (secondary N) is 1. The summed E-state index contributed by atoms with van der Waals surface area (Å²) in [5.41, 5.74) is 1.07. The van der Waals surface area contributed by atoms with Gasteiger partial charge in [0, 0.05) is 28.3 Å². The number of pyridine rings is 1. The number of aryl methyl sites for hydroxylation is 2. The first-order valence-corrected chi connectivity index (χ1v) is 7.20. The summed E-state index contributed by atoms with van der Waals surface area (Å²) >= 11 is 3.42. The molecule has 0 bridgehead atoms. The summed E-state index contributed by atoms with van der Waals surface area (Å²) < 4.78 is 2.75. The van der Waals surface area contributed by atoms with Gasteiger partial charge in [-0.1, -0.05) is 0 Å². The highest BCUT2D eigenvalue weighted by Gasteiger charge is 2.07. The Morgan fingerprint density at radius 3 is 2.61 bits per heavy atom. The second kappa shape index (κ2) is 6.53. The van der Waals surface area contributed by atoms with Gasteiger partial charge in [0.05, 0.1) is 0 Å². The van der Waals surface area contributed by atoms with Gasteiger partial charge in [-0.15, -0.1) is 0 Å². The fraction of sp³-hybridized carbons (Fsp3) is 0.643. The van der Waals surface area contributed by atoms with E-state index in [4.69, 9.17) is 0 Å². The van der Waals surface area contributed by atoms with Crippen LogP contribution in [0.15, 0.2) is 21.5 Å². The third-order valence-corrected chi connectivity index (χ3v) is 3.15. The van der Waals surface area contributed by atoms with Gasteiger partial charge < -0.3 is 9.88 Å². The molecule has 3 nitrogen and oxygen atoms in total. The third-order valence-electron chi connectivity index (χ3n) is 2.71. The van der Waals surface area contributed by atoms with Gasteiger partial charge in [0.25, 0.3) is 5.56 Å². The summed E-state index contributed by atoms with van der Waals surface area (Å²) in [5.74, 6) is 0. The summed E-state index contributed by atoms with van der Waals surface area (Å²) in [6.45, 7) is 10.1. The summed E-state index contributed by atoms with van der Waals surface area (Å²) in [7, 11) is 0. The van der Waals surface area contributed by atoms with Crippen LogP contribution in [0.25, 0.3) is 0 Å². The van der Waals surface area contributed by atoms with E-state index in [1.54, 1.807) is 4.57 Å². The molecule has 0 spiro atoms.